The molecule has 0 N–H and O–H groups in total. The van der Waals surface area contributed by atoms with Crippen molar-refractivity contribution in [2.45, 2.75) is 32.1 Å². The number of carbonyl (C=O) groups is 2. The maximum atomic E-state index is 11.4. The molecule has 0 aliphatic rings. The first-order chi connectivity index (χ1) is 8.74. The fraction of sp³-hybridized carbons (Fsp3) is 0.846. The largest absolute Gasteiger partial charge is 0.465 e. The first-order valence-corrected chi connectivity index (χ1v) is 6.31. The van der Waals surface area contributed by atoms with E-state index in [-0.39, 0.29) is 11.9 Å². The zero-order valence-corrected chi connectivity index (χ0v) is 11.4. The van der Waals surface area contributed by atoms with Crippen LogP contribution in [-0.4, -0.2) is 46.3 Å². The van der Waals surface area contributed by atoms with Gasteiger partial charge in [0.1, 0.15) is 6.29 Å². The summed E-state index contributed by atoms with van der Waals surface area (Å²) < 4.78 is 15.2. The Morgan fingerprint density at radius 2 is 1.94 bits per heavy atom. The molecule has 0 rings (SSSR count). The van der Waals surface area contributed by atoms with E-state index in [2.05, 4.69) is 0 Å². The highest BCUT2D eigenvalue weighted by molar-refractivity contribution is 5.69. The van der Waals surface area contributed by atoms with Crippen LogP contribution in [0.3, 0.4) is 0 Å². The number of methoxy groups -OCH3 is 2. The maximum absolute atomic E-state index is 11.4. The van der Waals surface area contributed by atoms with E-state index in [9.17, 15) is 9.59 Å². The van der Waals surface area contributed by atoms with E-state index in [0.29, 0.717) is 39.1 Å². The van der Waals surface area contributed by atoms with Crippen LogP contribution in [0.2, 0.25) is 0 Å². The third kappa shape index (κ3) is 10.2. The molecule has 5 nitrogen and oxygen atoms in total. The average Bonchev–Trinajstić information content (AvgIpc) is 2.38. The molecule has 0 fully saturated rings. The van der Waals surface area contributed by atoms with Crippen LogP contribution in [0.15, 0.2) is 0 Å². The normalized spacial score (nSPS) is 12.1. The number of unbranched alkanes of at least 4 members (excludes halogenated alkanes) is 2. The van der Waals surface area contributed by atoms with Crippen molar-refractivity contribution >= 4 is 12.3 Å². The molecule has 0 radical (unpaired) electrons. The average molecular weight is 260 g/mol. The summed E-state index contributed by atoms with van der Waals surface area (Å²) in [5.74, 6) is -0.0340. The van der Waals surface area contributed by atoms with Crippen molar-refractivity contribution in [3.8, 4) is 0 Å². The number of hydrogen-bond donors (Lipinski definition) is 0. The maximum Gasteiger partial charge on any atom is 0.305 e. The third-order valence-electron chi connectivity index (χ3n) is 2.57. The zero-order chi connectivity index (χ0) is 13.6. The molecule has 0 saturated heterocycles. The van der Waals surface area contributed by atoms with E-state index in [1.54, 1.807) is 14.2 Å². The number of aldehydes is 1. The quantitative estimate of drug-likeness (QED) is 0.303. The fourth-order valence-corrected chi connectivity index (χ4v) is 1.51. The highest BCUT2D eigenvalue weighted by Gasteiger charge is 2.11. The first kappa shape index (κ1) is 17.1. The van der Waals surface area contributed by atoms with Gasteiger partial charge >= 0.3 is 5.97 Å². The molecule has 1 unspecified atom stereocenters. The van der Waals surface area contributed by atoms with E-state index in [1.165, 1.54) is 0 Å². The zero-order valence-electron chi connectivity index (χ0n) is 11.4. The molecule has 0 aromatic rings. The van der Waals surface area contributed by atoms with Crippen molar-refractivity contribution in [1.82, 2.24) is 0 Å². The lowest BCUT2D eigenvalue weighted by molar-refractivity contribution is -0.146. The Morgan fingerprint density at radius 1 is 1.17 bits per heavy atom. The minimum Gasteiger partial charge on any atom is -0.465 e. The number of ether oxygens (including phenoxy) is 3. The molecule has 0 saturated carbocycles. The highest BCUT2D eigenvalue weighted by atomic mass is 16.5. The Hall–Kier alpha value is -0.940. The number of esters is 1. The van der Waals surface area contributed by atoms with Crippen LogP contribution in [0.4, 0.5) is 0 Å². The molecule has 0 aliphatic carbocycles. The summed E-state index contributed by atoms with van der Waals surface area (Å²) in [6.07, 6.45) is 3.99. The van der Waals surface area contributed by atoms with Gasteiger partial charge in [-0.1, -0.05) is 0 Å². The first-order valence-electron chi connectivity index (χ1n) is 6.31. The second-order valence-corrected chi connectivity index (χ2v) is 4.20. The van der Waals surface area contributed by atoms with Crippen LogP contribution in [0.25, 0.3) is 0 Å². The van der Waals surface area contributed by atoms with Crippen molar-refractivity contribution in [3.63, 3.8) is 0 Å². The highest BCUT2D eigenvalue weighted by Crippen LogP contribution is 2.07. The Bertz CT molecular complexity index is 217. The van der Waals surface area contributed by atoms with Gasteiger partial charge in [0.15, 0.2) is 0 Å². The molecule has 0 heterocycles. The van der Waals surface area contributed by atoms with Crippen molar-refractivity contribution in [2.24, 2.45) is 5.92 Å². The molecule has 1 atom stereocenters. The summed E-state index contributed by atoms with van der Waals surface area (Å²) in [5, 5.41) is 0. The smallest absolute Gasteiger partial charge is 0.305 e. The van der Waals surface area contributed by atoms with Crippen molar-refractivity contribution in [3.05, 3.63) is 0 Å². The Morgan fingerprint density at radius 3 is 2.56 bits per heavy atom. The monoisotopic (exact) mass is 260 g/mol. The Kier molecular flexibility index (Phi) is 11.9. The van der Waals surface area contributed by atoms with Crippen LogP contribution in [-0.2, 0) is 23.8 Å². The molecule has 0 spiro atoms. The lowest BCUT2D eigenvalue weighted by Gasteiger charge is -2.15. The van der Waals surface area contributed by atoms with E-state index >= 15 is 0 Å². The van der Waals surface area contributed by atoms with Gasteiger partial charge in [-0.25, -0.2) is 0 Å². The minimum atomic E-state index is -0.209. The van der Waals surface area contributed by atoms with Crippen LogP contribution >= 0.6 is 0 Å². The van der Waals surface area contributed by atoms with Crippen molar-refractivity contribution in [2.75, 3.05) is 34.0 Å². The predicted octanol–water partition coefficient (Wildman–Crippen LogP) is 1.59. The second-order valence-electron chi connectivity index (χ2n) is 4.20. The van der Waals surface area contributed by atoms with Crippen LogP contribution in [0, 0.1) is 5.92 Å². The summed E-state index contributed by atoms with van der Waals surface area (Å²) in [5.41, 5.74) is 0. The molecule has 0 aromatic carbocycles. The van der Waals surface area contributed by atoms with Gasteiger partial charge in [-0.05, 0) is 19.3 Å². The lowest BCUT2D eigenvalue weighted by atomic mass is 10.1. The van der Waals surface area contributed by atoms with Gasteiger partial charge in [-0.2, -0.15) is 0 Å². The topological polar surface area (TPSA) is 61.8 Å². The van der Waals surface area contributed by atoms with Crippen molar-refractivity contribution in [1.29, 1.82) is 0 Å². The van der Waals surface area contributed by atoms with Crippen LogP contribution in [0.1, 0.15) is 32.1 Å². The molecule has 5 heteroatoms. The Labute approximate surface area is 109 Å². The molecule has 0 bridgehead atoms. The second kappa shape index (κ2) is 12.5. The number of hydrogen-bond acceptors (Lipinski definition) is 5. The van der Waals surface area contributed by atoms with Crippen molar-refractivity contribution < 1.29 is 23.8 Å². The molecule has 0 aliphatic heterocycles. The standard InChI is InChI=1S/C13H24O5/c1-16-9-7-12(10-17-2)11-18-13(15)6-4-3-5-8-14/h8,12H,3-7,9-11H2,1-2H3. The van der Waals surface area contributed by atoms with Gasteiger partial charge < -0.3 is 19.0 Å². The molecule has 106 valence electrons. The molecule has 18 heavy (non-hydrogen) atoms. The predicted molar refractivity (Wildman–Crippen MR) is 67.4 cm³/mol. The minimum absolute atomic E-state index is 0.175. The number of rotatable bonds is 12. The van der Waals surface area contributed by atoms with Crippen LogP contribution in [0.5, 0.6) is 0 Å². The summed E-state index contributed by atoms with van der Waals surface area (Å²) in [4.78, 5) is 21.5. The fourth-order valence-electron chi connectivity index (χ4n) is 1.51. The van der Waals surface area contributed by atoms with E-state index in [1.807, 2.05) is 0 Å². The SMILES string of the molecule is COCCC(COC)COC(=O)CCCCC=O. The number of carbonyl (C=O) groups excluding carboxylic acids is 2. The van der Waals surface area contributed by atoms with Gasteiger partial charge in [0.2, 0.25) is 0 Å². The molecule has 0 aromatic heterocycles. The Balaban J connectivity index is 3.66. The van der Waals surface area contributed by atoms with Gasteiger partial charge in [0.05, 0.1) is 13.2 Å². The van der Waals surface area contributed by atoms with Gasteiger partial charge in [0, 0.05) is 39.6 Å². The summed E-state index contributed by atoms with van der Waals surface area (Å²) in [6.45, 7) is 1.55. The van der Waals surface area contributed by atoms with E-state index in [0.717, 1.165) is 19.1 Å². The summed E-state index contributed by atoms with van der Waals surface area (Å²) >= 11 is 0. The van der Waals surface area contributed by atoms with Gasteiger partial charge in [0.25, 0.3) is 0 Å². The third-order valence-corrected chi connectivity index (χ3v) is 2.57. The molecule has 0 amide bonds. The molecular weight excluding hydrogens is 236 g/mol. The van der Waals surface area contributed by atoms with Crippen LogP contribution < -0.4 is 0 Å². The van der Waals surface area contributed by atoms with Gasteiger partial charge in [-0.3, -0.25) is 4.79 Å². The van der Waals surface area contributed by atoms with E-state index < -0.39 is 0 Å². The lowest BCUT2D eigenvalue weighted by Crippen LogP contribution is -2.19. The van der Waals surface area contributed by atoms with Gasteiger partial charge in [-0.15, -0.1) is 0 Å². The summed E-state index contributed by atoms with van der Waals surface area (Å²) in [6, 6.07) is 0. The molecular formula is C13H24O5. The summed E-state index contributed by atoms with van der Waals surface area (Å²) in [7, 11) is 3.27. The van der Waals surface area contributed by atoms with E-state index in [4.69, 9.17) is 14.2 Å².